The number of rotatable bonds is 4. The molecule has 3 heterocycles. The third-order valence-corrected chi connectivity index (χ3v) is 5.53. The van der Waals surface area contributed by atoms with Crippen LogP contribution in [0.15, 0.2) is 34.9 Å². The maximum absolute atomic E-state index is 13.1. The van der Waals surface area contributed by atoms with Gasteiger partial charge in [-0.1, -0.05) is 17.3 Å². The summed E-state index contributed by atoms with van der Waals surface area (Å²) < 4.78 is 18.4. The molecule has 7 heteroatoms. The SMILES string of the molecule is O=C(c1cc(CN2CCC(O)CC2)on1)N1CC[C@H](c2ccc(F)cc2)C1. The van der Waals surface area contributed by atoms with Crippen molar-refractivity contribution in [2.45, 2.75) is 37.8 Å². The van der Waals surface area contributed by atoms with Gasteiger partial charge >= 0.3 is 0 Å². The fourth-order valence-corrected chi connectivity index (χ4v) is 3.90. The largest absolute Gasteiger partial charge is 0.393 e. The summed E-state index contributed by atoms with van der Waals surface area (Å²) in [6.07, 6.45) is 2.17. The molecule has 1 N–H and O–H groups in total. The zero-order valence-corrected chi connectivity index (χ0v) is 15.2. The van der Waals surface area contributed by atoms with Gasteiger partial charge in [-0.05, 0) is 37.0 Å². The first-order valence-corrected chi connectivity index (χ1v) is 9.49. The maximum Gasteiger partial charge on any atom is 0.276 e. The molecule has 1 aromatic heterocycles. The Morgan fingerprint density at radius 1 is 1.19 bits per heavy atom. The van der Waals surface area contributed by atoms with Crippen molar-refractivity contribution in [3.63, 3.8) is 0 Å². The number of halogens is 1. The van der Waals surface area contributed by atoms with Crippen LogP contribution < -0.4 is 0 Å². The van der Waals surface area contributed by atoms with Crippen LogP contribution in [0.2, 0.25) is 0 Å². The number of hydrogen-bond acceptors (Lipinski definition) is 5. The van der Waals surface area contributed by atoms with Crippen molar-refractivity contribution < 1.29 is 18.8 Å². The van der Waals surface area contributed by atoms with Gasteiger partial charge in [-0.3, -0.25) is 9.69 Å². The molecule has 2 aliphatic heterocycles. The van der Waals surface area contributed by atoms with Gasteiger partial charge in [0.25, 0.3) is 5.91 Å². The van der Waals surface area contributed by atoms with Crippen molar-refractivity contribution in [1.29, 1.82) is 0 Å². The minimum Gasteiger partial charge on any atom is -0.393 e. The van der Waals surface area contributed by atoms with Crippen LogP contribution in [0.5, 0.6) is 0 Å². The van der Waals surface area contributed by atoms with Gasteiger partial charge < -0.3 is 14.5 Å². The number of benzene rings is 1. The molecule has 2 aromatic rings. The average molecular weight is 373 g/mol. The Kier molecular flexibility index (Phi) is 5.22. The highest BCUT2D eigenvalue weighted by Gasteiger charge is 2.30. The van der Waals surface area contributed by atoms with Crippen LogP contribution in [0.3, 0.4) is 0 Å². The summed E-state index contributed by atoms with van der Waals surface area (Å²) in [4.78, 5) is 16.7. The summed E-state index contributed by atoms with van der Waals surface area (Å²) in [5.74, 6) is 0.524. The monoisotopic (exact) mass is 373 g/mol. The molecular formula is C20H24FN3O3. The highest BCUT2D eigenvalue weighted by atomic mass is 19.1. The van der Waals surface area contributed by atoms with Crippen LogP contribution in [0.4, 0.5) is 4.39 Å². The van der Waals surface area contributed by atoms with E-state index in [9.17, 15) is 14.3 Å². The van der Waals surface area contributed by atoms with E-state index in [4.69, 9.17) is 4.52 Å². The zero-order valence-electron chi connectivity index (χ0n) is 15.2. The predicted molar refractivity (Wildman–Crippen MR) is 96.7 cm³/mol. The summed E-state index contributed by atoms with van der Waals surface area (Å²) >= 11 is 0. The van der Waals surface area contributed by atoms with Gasteiger partial charge in [0.1, 0.15) is 5.82 Å². The number of likely N-dealkylation sites (tertiary alicyclic amines) is 2. The Morgan fingerprint density at radius 3 is 2.67 bits per heavy atom. The molecule has 0 radical (unpaired) electrons. The number of aliphatic hydroxyl groups is 1. The molecule has 144 valence electrons. The minimum atomic E-state index is -0.247. The Morgan fingerprint density at radius 2 is 1.93 bits per heavy atom. The van der Waals surface area contributed by atoms with E-state index < -0.39 is 0 Å². The first-order chi connectivity index (χ1) is 13.1. The minimum absolute atomic E-state index is 0.122. The fraction of sp³-hybridized carbons (Fsp3) is 0.500. The van der Waals surface area contributed by atoms with E-state index in [1.165, 1.54) is 12.1 Å². The van der Waals surface area contributed by atoms with Gasteiger partial charge in [0.05, 0.1) is 12.6 Å². The first-order valence-electron chi connectivity index (χ1n) is 9.49. The number of amides is 1. The molecule has 0 unspecified atom stereocenters. The molecular weight excluding hydrogens is 349 g/mol. The maximum atomic E-state index is 13.1. The molecule has 27 heavy (non-hydrogen) atoms. The number of hydrogen-bond donors (Lipinski definition) is 1. The first kappa shape index (κ1) is 18.1. The highest BCUT2D eigenvalue weighted by molar-refractivity contribution is 5.92. The van der Waals surface area contributed by atoms with Crippen molar-refractivity contribution >= 4 is 5.91 Å². The van der Waals surface area contributed by atoms with E-state index in [2.05, 4.69) is 10.1 Å². The fourth-order valence-electron chi connectivity index (χ4n) is 3.90. The van der Waals surface area contributed by atoms with Crippen molar-refractivity contribution in [3.05, 3.63) is 53.2 Å². The zero-order chi connectivity index (χ0) is 18.8. The Labute approximate surface area is 157 Å². The van der Waals surface area contributed by atoms with E-state index in [0.29, 0.717) is 31.1 Å². The third-order valence-electron chi connectivity index (χ3n) is 5.53. The van der Waals surface area contributed by atoms with Crippen molar-refractivity contribution in [2.24, 2.45) is 0 Å². The highest BCUT2D eigenvalue weighted by Crippen LogP contribution is 2.28. The number of nitrogens with zero attached hydrogens (tertiary/aromatic N) is 3. The Hall–Kier alpha value is -2.25. The lowest BCUT2D eigenvalue weighted by molar-refractivity contribution is 0.0744. The summed E-state index contributed by atoms with van der Waals surface area (Å²) in [5, 5.41) is 13.5. The lowest BCUT2D eigenvalue weighted by Gasteiger charge is -2.28. The van der Waals surface area contributed by atoms with Gasteiger partial charge in [0.2, 0.25) is 0 Å². The van der Waals surface area contributed by atoms with Gasteiger partial charge in [-0.25, -0.2) is 4.39 Å². The molecule has 0 aliphatic carbocycles. The molecule has 4 rings (SSSR count). The van der Waals surface area contributed by atoms with Crippen LogP contribution in [-0.2, 0) is 6.54 Å². The molecule has 2 saturated heterocycles. The topological polar surface area (TPSA) is 69.8 Å². The molecule has 0 spiro atoms. The van der Waals surface area contributed by atoms with Crippen molar-refractivity contribution in [1.82, 2.24) is 15.0 Å². The van der Waals surface area contributed by atoms with E-state index in [0.717, 1.165) is 37.9 Å². The molecule has 2 fully saturated rings. The Bertz CT molecular complexity index is 784. The van der Waals surface area contributed by atoms with Gasteiger partial charge in [-0.15, -0.1) is 0 Å². The Balaban J connectivity index is 1.35. The van der Waals surface area contributed by atoms with Crippen LogP contribution >= 0.6 is 0 Å². The molecule has 0 saturated carbocycles. The summed E-state index contributed by atoms with van der Waals surface area (Å²) in [6.45, 7) is 3.50. The molecule has 1 aromatic carbocycles. The smallest absolute Gasteiger partial charge is 0.276 e. The van der Waals surface area contributed by atoms with Crippen LogP contribution in [0, 0.1) is 5.82 Å². The molecule has 0 bridgehead atoms. The van der Waals surface area contributed by atoms with Gasteiger partial charge in [0.15, 0.2) is 11.5 Å². The molecule has 1 atom stereocenters. The number of carbonyl (C=O) groups excluding carboxylic acids is 1. The van der Waals surface area contributed by atoms with E-state index >= 15 is 0 Å². The van der Waals surface area contributed by atoms with Gasteiger partial charge in [-0.2, -0.15) is 0 Å². The molecule has 6 nitrogen and oxygen atoms in total. The number of aromatic nitrogens is 1. The second-order valence-electron chi connectivity index (χ2n) is 7.47. The predicted octanol–water partition coefficient (Wildman–Crippen LogP) is 2.40. The average Bonchev–Trinajstić information content (AvgIpc) is 3.34. The van der Waals surface area contributed by atoms with E-state index in [1.54, 1.807) is 23.1 Å². The third kappa shape index (κ3) is 4.20. The van der Waals surface area contributed by atoms with Gasteiger partial charge in [0, 0.05) is 38.2 Å². The number of aliphatic hydroxyl groups excluding tert-OH is 1. The molecule has 2 aliphatic rings. The summed E-state index contributed by atoms with van der Waals surface area (Å²) in [5.41, 5.74) is 1.39. The van der Waals surface area contributed by atoms with Crippen molar-refractivity contribution in [3.8, 4) is 0 Å². The normalized spacial score (nSPS) is 21.7. The summed E-state index contributed by atoms with van der Waals surface area (Å²) in [6, 6.07) is 8.22. The number of piperidine rings is 1. The van der Waals surface area contributed by atoms with Crippen LogP contribution in [0.1, 0.15) is 47.0 Å². The van der Waals surface area contributed by atoms with E-state index in [1.807, 2.05) is 0 Å². The lowest BCUT2D eigenvalue weighted by Crippen LogP contribution is -2.35. The number of carbonyl (C=O) groups is 1. The van der Waals surface area contributed by atoms with Crippen LogP contribution in [0.25, 0.3) is 0 Å². The lowest BCUT2D eigenvalue weighted by atomic mass is 9.99. The standard InChI is InChI=1S/C20H24FN3O3/c21-16-3-1-14(2-4-16)15-5-10-24(12-15)20(26)19-11-18(27-22-19)13-23-8-6-17(25)7-9-23/h1-4,11,15,17,25H,5-10,12-13H2/t15-/m0/s1. The van der Waals surface area contributed by atoms with Crippen molar-refractivity contribution in [2.75, 3.05) is 26.2 Å². The second kappa shape index (κ2) is 7.78. The quantitative estimate of drug-likeness (QED) is 0.891. The second-order valence-corrected chi connectivity index (χ2v) is 7.47. The molecule has 1 amide bonds. The van der Waals surface area contributed by atoms with Crippen LogP contribution in [-0.4, -0.2) is 58.3 Å². The summed E-state index contributed by atoms with van der Waals surface area (Å²) in [7, 11) is 0. The van der Waals surface area contributed by atoms with E-state index in [-0.39, 0.29) is 23.7 Å².